The van der Waals surface area contributed by atoms with Crippen LogP contribution in [0.3, 0.4) is 0 Å². The largest absolute Gasteiger partial charge is 0.508 e. The number of hydrogen-bond acceptors (Lipinski definition) is 4. The second kappa shape index (κ2) is 6.00. The highest BCUT2D eigenvalue weighted by Gasteiger charge is 2.61. The number of hydrogen-bond donors (Lipinski definition) is 4. The summed E-state index contributed by atoms with van der Waals surface area (Å²) in [6.45, 7) is 2.23. The van der Waals surface area contributed by atoms with Crippen molar-refractivity contribution in [1.82, 2.24) is 0 Å². The van der Waals surface area contributed by atoms with Crippen LogP contribution in [0.5, 0.6) is 5.75 Å². The molecule has 2 saturated carbocycles. The van der Waals surface area contributed by atoms with Gasteiger partial charge in [-0.25, -0.2) is 0 Å². The van der Waals surface area contributed by atoms with E-state index in [0.717, 1.165) is 38.5 Å². The van der Waals surface area contributed by atoms with Crippen LogP contribution in [0.1, 0.15) is 62.5 Å². The maximum Gasteiger partial charge on any atom is 0.451 e. The Balaban J connectivity index is 1.61. The highest BCUT2D eigenvalue weighted by molar-refractivity contribution is 6.40. The van der Waals surface area contributed by atoms with Gasteiger partial charge in [-0.1, -0.05) is 13.0 Å². The van der Waals surface area contributed by atoms with Crippen LogP contribution in [-0.4, -0.2) is 33.0 Å². The fraction of sp³-hybridized carbons (Fsp3) is 0.700. The molecule has 0 aliphatic heterocycles. The molecule has 5 heteroatoms. The van der Waals surface area contributed by atoms with Crippen molar-refractivity contribution in [2.45, 2.75) is 69.7 Å². The second-order valence-corrected chi connectivity index (χ2v) is 8.84. The average Bonchev–Trinajstić information content (AvgIpc) is 2.84. The van der Waals surface area contributed by atoms with Gasteiger partial charge in [0.25, 0.3) is 0 Å². The SMILES string of the molecule is C[C@]12CC[C@@H]3c4ccc(O)cc4CC[C@H]3[C@@H]1CC[C@@]2(O)CCB(O)O. The first-order valence-corrected chi connectivity index (χ1v) is 9.74. The lowest BCUT2D eigenvalue weighted by Crippen LogP contribution is -2.51. The van der Waals surface area contributed by atoms with Crippen molar-refractivity contribution in [3.63, 3.8) is 0 Å². The molecular weight excluding hydrogens is 315 g/mol. The van der Waals surface area contributed by atoms with Crippen molar-refractivity contribution in [2.75, 3.05) is 0 Å². The summed E-state index contributed by atoms with van der Waals surface area (Å²) in [6.07, 6.45) is 6.70. The number of aromatic hydroxyl groups is 1. The van der Waals surface area contributed by atoms with Crippen LogP contribution in [0.4, 0.5) is 0 Å². The molecule has 0 unspecified atom stereocenters. The lowest BCUT2D eigenvalue weighted by Gasteiger charge is -2.53. The van der Waals surface area contributed by atoms with Crippen LogP contribution in [0, 0.1) is 17.3 Å². The normalized spacial score (nSPS) is 39.4. The molecule has 0 bridgehead atoms. The highest BCUT2D eigenvalue weighted by Crippen LogP contribution is 2.65. The third-order valence-corrected chi connectivity index (χ3v) is 7.85. The molecule has 4 N–H and O–H groups in total. The number of fused-ring (bicyclic) bond motifs is 5. The Kier molecular flexibility index (Phi) is 4.17. The van der Waals surface area contributed by atoms with Gasteiger partial charge < -0.3 is 20.3 Å². The molecule has 0 amide bonds. The van der Waals surface area contributed by atoms with E-state index in [1.807, 2.05) is 12.1 Å². The minimum atomic E-state index is -1.34. The number of aryl methyl sites for hydroxylation is 1. The molecule has 3 aliphatic rings. The molecule has 0 saturated heterocycles. The van der Waals surface area contributed by atoms with E-state index >= 15 is 0 Å². The number of phenolic OH excluding ortho intramolecular Hbond substituents is 1. The van der Waals surface area contributed by atoms with Crippen LogP contribution in [0.15, 0.2) is 18.2 Å². The van der Waals surface area contributed by atoms with Gasteiger partial charge in [-0.15, -0.1) is 0 Å². The van der Waals surface area contributed by atoms with Gasteiger partial charge in [0.2, 0.25) is 0 Å². The van der Waals surface area contributed by atoms with Gasteiger partial charge in [0.1, 0.15) is 5.75 Å². The monoisotopic (exact) mass is 344 g/mol. The summed E-state index contributed by atoms with van der Waals surface area (Å²) in [7, 11) is -1.34. The van der Waals surface area contributed by atoms with Crippen molar-refractivity contribution in [1.29, 1.82) is 0 Å². The zero-order valence-electron chi connectivity index (χ0n) is 15.0. The van der Waals surface area contributed by atoms with E-state index in [1.54, 1.807) is 0 Å². The zero-order chi connectivity index (χ0) is 17.8. The Morgan fingerprint density at radius 1 is 1.16 bits per heavy atom. The van der Waals surface area contributed by atoms with E-state index in [2.05, 4.69) is 13.0 Å². The molecule has 0 spiro atoms. The fourth-order valence-corrected chi connectivity index (χ4v) is 6.46. The first-order chi connectivity index (χ1) is 11.8. The molecule has 4 nitrogen and oxygen atoms in total. The van der Waals surface area contributed by atoms with E-state index in [4.69, 9.17) is 0 Å². The van der Waals surface area contributed by atoms with Crippen molar-refractivity contribution in [3.8, 4) is 5.75 Å². The van der Waals surface area contributed by atoms with Crippen LogP contribution in [0.2, 0.25) is 6.32 Å². The quantitative estimate of drug-likeness (QED) is 0.636. The predicted octanol–water partition coefficient (Wildman–Crippen LogP) is 2.84. The average molecular weight is 344 g/mol. The lowest BCUT2D eigenvalue weighted by atomic mass is 9.52. The molecular formula is C20H29BO4. The Bertz CT molecular complexity index is 663. The molecule has 3 aliphatic carbocycles. The van der Waals surface area contributed by atoms with Crippen LogP contribution in [0.25, 0.3) is 0 Å². The topological polar surface area (TPSA) is 80.9 Å². The summed E-state index contributed by atoms with van der Waals surface area (Å²) in [5, 5.41) is 39.6. The Labute approximate surface area is 150 Å². The molecule has 1 aromatic carbocycles. The predicted molar refractivity (Wildman–Crippen MR) is 97.3 cm³/mol. The first-order valence-electron chi connectivity index (χ1n) is 9.74. The number of benzene rings is 1. The molecule has 1 aromatic rings. The number of rotatable bonds is 3. The molecule has 0 aromatic heterocycles. The molecule has 0 heterocycles. The van der Waals surface area contributed by atoms with Gasteiger partial charge in [-0.2, -0.15) is 0 Å². The van der Waals surface area contributed by atoms with Gasteiger partial charge in [-0.05, 0) is 97.7 Å². The van der Waals surface area contributed by atoms with Gasteiger partial charge in [-0.3, -0.25) is 0 Å². The van der Waals surface area contributed by atoms with E-state index in [-0.39, 0.29) is 11.7 Å². The van der Waals surface area contributed by atoms with Crippen LogP contribution in [-0.2, 0) is 6.42 Å². The smallest absolute Gasteiger partial charge is 0.451 e. The molecule has 4 rings (SSSR count). The third-order valence-electron chi connectivity index (χ3n) is 7.85. The summed E-state index contributed by atoms with van der Waals surface area (Å²) in [4.78, 5) is 0. The van der Waals surface area contributed by atoms with Gasteiger partial charge >= 0.3 is 7.12 Å². The van der Waals surface area contributed by atoms with Gasteiger partial charge in [0, 0.05) is 0 Å². The minimum Gasteiger partial charge on any atom is -0.508 e. The molecule has 5 atom stereocenters. The summed E-state index contributed by atoms with van der Waals surface area (Å²) >= 11 is 0. The van der Waals surface area contributed by atoms with Gasteiger partial charge in [0.05, 0.1) is 5.60 Å². The zero-order valence-corrected chi connectivity index (χ0v) is 15.0. The highest BCUT2D eigenvalue weighted by atomic mass is 16.4. The van der Waals surface area contributed by atoms with Crippen molar-refractivity contribution < 1.29 is 20.3 Å². The lowest BCUT2D eigenvalue weighted by molar-refractivity contribution is -0.105. The van der Waals surface area contributed by atoms with Crippen LogP contribution < -0.4 is 0 Å². The van der Waals surface area contributed by atoms with Crippen molar-refractivity contribution in [3.05, 3.63) is 29.3 Å². The fourth-order valence-electron chi connectivity index (χ4n) is 6.46. The summed E-state index contributed by atoms with van der Waals surface area (Å²) in [5.74, 6) is 1.97. The third kappa shape index (κ3) is 2.63. The van der Waals surface area contributed by atoms with Crippen molar-refractivity contribution in [2.24, 2.45) is 17.3 Å². The number of phenols is 1. The summed E-state index contributed by atoms with van der Waals surface area (Å²) in [6, 6.07) is 5.84. The number of aliphatic hydroxyl groups is 1. The van der Waals surface area contributed by atoms with E-state index < -0.39 is 12.7 Å². The Hall–Kier alpha value is -1.04. The Morgan fingerprint density at radius 2 is 1.96 bits per heavy atom. The molecule has 0 radical (unpaired) electrons. The van der Waals surface area contributed by atoms with Crippen LogP contribution >= 0.6 is 0 Å². The molecule has 25 heavy (non-hydrogen) atoms. The Morgan fingerprint density at radius 3 is 2.72 bits per heavy atom. The standard InChI is InChI=1S/C20H29BO4/c1-19-8-6-16-15-5-3-14(22)12-13(15)2-4-17(16)18(19)7-9-20(19,23)10-11-21(24)25/h3,5,12,16-18,22-25H,2,4,6-11H2,1H3/t16-,17-,18+,19+,20-/m1/s1. The molecule has 136 valence electrons. The van der Waals surface area contributed by atoms with Gasteiger partial charge in [0.15, 0.2) is 0 Å². The second-order valence-electron chi connectivity index (χ2n) is 8.84. The summed E-state index contributed by atoms with van der Waals surface area (Å²) in [5.41, 5.74) is 1.79. The van der Waals surface area contributed by atoms with E-state index in [0.29, 0.717) is 29.9 Å². The maximum absolute atomic E-state index is 11.4. The first kappa shape index (κ1) is 17.4. The molecule has 2 fully saturated rings. The summed E-state index contributed by atoms with van der Waals surface area (Å²) < 4.78 is 0. The minimum absolute atomic E-state index is 0.128. The van der Waals surface area contributed by atoms with E-state index in [9.17, 15) is 20.3 Å². The maximum atomic E-state index is 11.4. The van der Waals surface area contributed by atoms with Crippen molar-refractivity contribution >= 4 is 7.12 Å². The van der Waals surface area contributed by atoms with E-state index in [1.165, 1.54) is 11.1 Å².